The molecule has 2 fully saturated rings. The van der Waals surface area contributed by atoms with Gasteiger partial charge in [-0.1, -0.05) is 19.1 Å². The van der Waals surface area contributed by atoms with Gasteiger partial charge in [-0.3, -0.25) is 4.79 Å². The fourth-order valence-corrected chi connectivity index (χ4v) is 3.84. The number of carbonyl (C=O) groups is 1. The van der Waals surface area contributed by atoms with Crippen molar-refractivity contribution in [1.29, 1.82) is 0 Å². The molecule has 140 valence electrons. The van der Waals surface area contributed by atoms with E-state index in [-0.39, 0.29) is 35.8 Å². The molecule has 2 saturated heterocycles. The summed E-state index contributed by atoms with van der Waals surface area (Å²) in [5.41, 5.74) is 0.860. The van der Waals surface area contributed by atoms with Gasteiger partial charge < -0.3 is 14.5 Å². The highest BCUT2D eigenvalue weighted by atomic mass is 35.5. The topological polar surface area (TPSA) is 32.8 Å². The van der Waals surface area contributed by atoms with Crippen molar-refractivity contribution >= 4 is 18.3 Å². The molecule has 1 amide bonds. The Morgan fingerprint density at radius 1 is 1.32 bits per heavy atom. The third-order valence-corrected chi connectivity index (χ3v) is 5.31. The molecule has 6 heteroatoms. The van der Waals surface area contributed by atoms with Gasteiger partial charge in [-0.2, -0.15) is 0 Å². The zero-order chi connectivity index (χ0) is 17.2. The number of nitrogens with zero attached hydrogens (tertiary/aromatic N) is 2. The number of piperidine rings is 1. The second kappa shape index (κ2) is 8.47. The van der Waals surface area contributed by atoms with E-state index in [0.717, 1.165) is 50.9 Å². The second-order valence-electron chi connectivity index (χ2n) is 7.11. The van der Waals surface area contributed by atoms with Crippen LogP contribution in [0.3, 0.4) is 0 Å². The van der Waals surface area contributed by atoms with Crippen LogP contribution in [0, 0.1) is 5.82 Å². The molecule has 0 unspecified atom stereocenters. The van der Waals surface area contributed by atoms with Crippen molar-refractivity contribution in [3.8, 4) is 0 Å². The smallest absolute Gasteiger partial charge is 0.251 e. The van der Waals surface area contributed by atoms with Crippen LogP contribution in [0.2, 0.25) is 0 Å². The number of ether oxygens (including phenoxy) is 1. The number of halogens is 2. The maximum Gasteiger partial charge on any atom is 0.251 e. The summed E-state index contributed by atoms with van der Waals surface area (Å²) in [6.07, 6.45) is 3.20. The van der Waals surface area contributed by atoms with Crippen LogP contribution in [-0.2, 0) is 16.0 Å². The number of rotatable bonds is 4. The van der Waals surface area contributed by atoms with Crippen LogP contribution in [0.25, 0.3) is 0 Å². The van der Waals surface area contributed by atoms with E-state index in [1.54, 1.807) is 12.1 Å². The summed E-state index contributed by atoms with van der Waals surface area (Å²) in [7, 11) is 1.88. The van der Waals surface area contributed by atoms with Crippen molar-refractivity contribution < 1.29 is 13.9 Å². The van der Waals surface area contributed by atoms with Gasteiger partial charge in [0.1, 0.15) is 11.9 Å². The zero-order valence-corrected chi connectivity index (χ0v) is 15.9. The molecule has 0 radical (unpaired) electrons. The largest absolute Gasteiger partial charge is 0.360 e. The molecule has 0 bridgehead atoms. The lowest BCUT2D eigenvalue weighted by molar-refractivity contribution is -0.190. The normalized spacial score (nSPS) is 23.6. The van der Waals surface area contributed by atoms with Crippen LogP contribution in [0.5, 0.6) is 0 Å². The van der Waals surface area contributed by atoms with Gasteiger partial charge in [0, 0.05) is 33.2 Å². The molecular formula is C19H28ClFN2O2. The molecule has 0 saturated carbocycles. The average Bonchev–Trinajstić information content (AvgIpc) is 2.58. The van der Waals surface area contributed by atoms with Crippen molar-refractivity contribution in [2.45, 2.75) is 44.3 Å². The molecule has 0 aromatic heterocycles. The lowest BCUT2D eigenvalue weighted by Crippen LogP contribution is -2.60. The standard InChI is InChI=1S/C19H27FN2O2.ClH/c1-3-17-18(23)21(2)14-19(24-17)8-11-22(12-9-19)10-7-15-5-4-6-16(20)13-15;/h4-6,13,17H,3,7-12,14H2,1-2H3;1H/t17-;/m1./s1. The van der Waals surface area contributed by atoms with E-state index < -0.39 is 0 Å². The summed E-state index contributed by atoms with van der Waals surface area (Å²) < 4.78 is 19.5. The maximum absolute atomic E-state index is 13.2. The van der Waals surface area contributed by atoms with E-state index in [1.807, 2.05) is 24.9 Å². The number of carbonyl (C=O) groups excluding carboxylic acids is 1. The van der Waals surface area contributed by atoms with Crippen molar-refractivity contribution in [1.82, 2.24) is 9.80 Å². The second-order valence-corrected chi connectivity index (χ2v) is 7.11. The molecule has 1 aromatic carbocycles. The Balaban J connectivity index is 0.00000225. The molecule has 2 aliphatic rings. The Labute approximate surface area is 155 Å². The number of amides is 1. The van der Waals surface area contributed by atoms with E-state index in [1.165, 1.54) is 6.07 Å². The van der Waals surface area contributed by atoms with Crippen molar-refractivity contribution in [3.63, 3.8) is 0 Å². The van der Waals surface area contributed by atoms with E-state index in [0.29, 0.717) is 6.54 Å². The first-order chi connectivity index (χ1) is 11.5. The van der Waals surface area contributed by atoms with Crippen molar-refractivity contribution in [3.05, 3.63) is 35.6 Å². The molecule has 3 rings (SSSR count). The molecule has 1 spiro atoms. The monoisotopic (exact) mass is 370 g/mol. The predicted octanol–water partition coefficient (Wildman–Crippen LogP) is 2.89. The van der Waals surface area contributed by atoms with Crippen LogP contribution in [0.1, 0.15) is 31.7 Å². The number of hydrogen-bond acceptors (Lipinski definition) is 3. The van der Waals surface area contributed by atoms with E-state index in [9.17, 15) is 9.18 Å². The summed E-state index contributed by atoms with van der Waals surface area (Å²) in [6.45, 7) is 5.57. The zero-order valence-electron chi connectivity index (χ0n) is 15.0. The van der Waals surface area contributed by atoms with Gasteiger partial charge in [-0.15, -0.1) is 12.4 Å². The van der Waals surface area contributed by atoms with Gasteiger partial charge in [-0.25, -0.2) is 4.39 Å². The number of hydrogen-bond donors (Lipinski definition) is 0. The quantitative estimate of drug-likeness (QED) is 0.817. The number of benzene rings is 1. The minimum Gasteiger partial charge on any atom is -0.360 e. The molecule has 4 nitrogen and oxygen atoms in total. The minimum atomic E-state index is -0.289. The average molecular weight is 371 g/mol. The fraction of sp³-hybridized carbons (Fsp3) is 0.632. The highest BCUT2D eigenvalue weighted by Crippen LogP contribution is 2.33. The first-order valence-corrected chi connectivity index (χ1v) is 8.91. The number of likely N-dealkylation sites (N-methyl/N-ethyl adjacent to an activating group) is 1. The summed E-state index contributed by atoms with van der Waals surface area (Å²) in [6, 6.07) is 6.84. The number of likely N-dealkylation sites (tertiary alicyclic amines) is 1. The van der Waals surface area contributed by atoms with Gasteiger partial charge in [0.2, 0.25) is 0 Å². The third-order valence-electron chi connectivity index (χ3n) is 5.31. The van der Waals surface area contributed by atoms with Crippen LogP contribution in [-0.4, -0.2) is 60.6 Å². The van der Waals surface area contributed by atoms with Crippen LogP contribution >= 0.6 is 12.4 Å². The molecular weight excluding hydrogens is 343 g/mol. The summed E-state index contributed by atoms with van der Waals surface area (Å²) in [5.74, 6) is -0.0596. The van der Waals surface area contributed by atoms with E-state index >= 15 is 0 Å². The molecule has 25 heavy (non-hydrogen) atoms. The van der Waals surface area contributed by atoms with Crippen molar-refractivity contribution in [2.75, 3.05) is 33.2 Å². The highest BCUT2D eigenvalue weighted by molar-refractivity contribution is 5.85. The molecule has 0 N–H and O–H groups in total. The Kier molecular flexibility index (Phi) is 6.83. The summed E-state index contributed by atoms with van der Waals surface area (Å²) >= 11 is 0. The van der Waals surface area contributed by atoms with Gasteiger partial charge in [0.25, 0.3) is 5.91 Å². The van der Waals surface area contributed by atoms with Crippen LogP contribution in [0.4, 0.5) is 4.39 Å². The fourth-order valence-electron chi connectivity index (χ4n) is 3.84. The predicted molar refractivity (Wildman–Crippen MR) is 98.6 cm³/mol. The lowest BCUT2D eigenvalue weighted by atomic mass is 9.88. The van der Waals surface area contributed by atoms with Crippen molar-refractivity contribution in [2.24, 2.45) is 0 Å². The third kappa shape index (κ3) is 4.72. The van der Waals surface area contributed by atoms with E-state index in [4.69, 9.17) is 4.74 Å². The minimum absolute atomic E-state index is 0. The Hall–Kier alpha value is -1.17. The van der Waals surface area contributed by atoms with Gasteiger partial charge in [0.05, 0.1) is 5.60 Å². The van der Waals surface area contributed by atoms with Crippen LogP contribution < -0.4 is 0 Å². The summed E-state index contributed by atoms with van der Waals surface area (Å²) in [4.78, 5) is 16.3. The lowest BCUT2D eigenvalue weighted by Gasteiger charge is -2.48. The first-order valence-electron chi connectivity index (χ1n) is 8.91. The Bertz CT molecular complexity index is 591. The summed E-state index contributed by atoms with van der Waals surface area (Å²) in [5, 5.41) is 0. The Morgan fingerprint density at radius 2 is 2.04 bits per heavy atom. The van der Waals surface area contributed by atoms with Crippen LogP contribution in [0.15, 0.2) is 24.3 Å². The Morgan fingerprint density at radius 3 is 2.68 bits per heavy atom. The maximum atomic E-state index is 13.2. The molecule has 1 aromatic rings. The molecule has 2 heterocycles. The SMILES string of the molecule is CC[C@H]1OC2(CCN(CCc3cccc(F)c3)CC2)CN(C)C1=O.Cl. The molecule has 0 aliphatic carbocycles. The highest BCUT2D eigenvalue weighted by Gasteiger charge is 2.44. The number of morpholine rings is 1. The first kappa shape index (κ1) is 20.1. The van der Waals surface area contributed by atoms with E-state index in [2.05, 4.69) is 4.90 Å². The van der Waals surface area contributed by atoms with Gasteiger partial charge in [-0.05, 0) is 43.4 Å². The van der Waals surface area contributed by atoms with Gasteiger partial charge >= 0.3 is 0 Å². The molecule has 2 aliphatic heterocycles. The van der Waals surface area contributed by atoms with Gasteiger partial charge in [0.15, 0.2) is 0 Å². The molecule has 1 atom stereocenters.